The van der Waals surface area contributed by atoms with E-state index in [0.29, 0.717) is 17.7 Å². The van der Waals surface area contributed by atoms with Crippen LogP contribution in [0.15, 0.2) is 65.4 Å². The van der Waals surface area contributed by atoms with Crippen LogP contribution in [0.3, 0.4) is 0 Å². The molecule has 0 radical (unpaired) electrons. The van der Waals surface area contributed by atoms with Gasteiger partial charge in [0.2, 0.25) is 0 Å². The molecule has 26 heavy (non-hydrogen) atoms. The molecule has 4 nitrogen and oxygen atoms in total. The van der Waals surface area contributed by atoms with Crippen LogP contribution in [0.5, 0.6) is 0 Å². The second kappa shape index (κ2) is 7.14. The number of thiophene rings is 1. The summed E-state index contributed by atoms with van der Waals surface area (Å²) >= 11 is 1.50. The van der Waals surface area contributed by atoms with Crippen molar-refractivity contribution in [2.45, 2.75) is 12.8 Å². The van der Waals surface area contributed by atoms with Crippen molar-refractivity contribution in [2.75, 3.05) is 16.8 Å². The third-order valence-corrected chi connectivity index (χ3v) is 5.19. The summed E-state index contributed by atoms with van der Waals surface area (Å²) < 4.78 is 0. The number of benzene rings is 2. The van der Waals surface area contributed by atoms with Crippen LogP contribution >= 0.6 is 11.3 Å². The highest BCUT2D eigenvalue weighted by Gasteiger charge is 2.23. The third kappa shape index (κ3) is 3.26. The summed E-state index contributed by atoms with van der Waals surface area (Å²) in [6.07, 6.45) is 1.81. The number of anilines is 2. The zero-order chi connectivity index (χ0) is 17.9. The van der Waals surface area contributed by atoms with Gasteiger partial charge in [0.25, 0.3) is 11.8 Å². The lowest BCUT2D eigenvalue weighted by Crippen LogP contribution is -2.35. The number of hydrogen-bond donors (Lipinski definition) is 1. The molecule has 2 heterocycles. The van der Waals surface area contributed by atoms with E-state index >= 15 is 0 Å². The minimum atomic E-state index is -0.112. The molecule has 0 saturated heterocycles. The summed E-state index contributed by atoms with van der Waals surface area (Å²) in [4.78, 5) is 26.9. The number of aryl methyl sites for hydroxylation is 1. The average molecular weight is 362 g/mol. The Labute approximate surface area is 156 Å². The van der Waals surface area contributed by atoms with Gasteiger partial charge in [-0.3, -0.25) is 9.59 Å². The highest BCUT2D eigenvalue weighted by atomic mass is 32.1. The summed E-state index contributed by atoms with van der Waals surface area (Å²) in [6.45, 7) is 0.710. The minimum absolute atomic E-state index is 0.0154. The van der Waals surface area contributed by atoms with Crippen molar-refractivity contribution in [2.24, 2.45) is 0 Å². The van der Waals surface area contributed by atoms with Crippen LogP contribution in [0.4, 0.5) is 11.4 Å². The van der Waals surface area contributed by atoms with E-state index in [2.05, 4.69) is 5.32 Å². The van der Waals surface area contributed by atoms with E-state index in [1.165, 1.54) is 11.3 Å². The fourth-order valence-corrected chi connectivity index (χ4v) is 3.86. The third-order valence-electron chi connectivity index (χ3n) is 4.51. The van der Waals surface area contributed by atoms with Crippen molar-refractivity contribution in [1.29, 1.82) is 0 Å². The molecule has 3 aromatic rings. The predicted molar refractivity (Wildman–Crippen MR) is 105 cm³/mol. The Morgan fingerprint density at radius 3 is 2.62 bits per heavy atom. The lowest BCUT2D eigenvalue weighted by molar-refractivity contribution is 0.0983. The number of nitrogens with zero attached hydrogens (tertiary/aromatic N) is 1. The van der Waals surface area contributed by atoms with Crippen molar-refractivity contribution in [3.63, 3.8) is 0 Å². The van der Waals surface area contributed by atoms with Gasteiger partial charge < -0.3 is 10.2 Å². The Morgan fingerprint density at radius 1 is 1.00 bits per heavy atom. The number of nitrogens with one attached hydrogen (secondary N) is 1. The maximum Gasteiger partial charge on any atom is 0.258 e. The van der Waals surface area contributed by atoms with E-state index < -0.39 is 0 Å². The zero-order valence-electron chi connectivity index (χ0n) is 14.1. The first-order valence-corrected chi connectivity index (χ1v) is 9.50. The molecule has 1 aliphatic heterocycles. The number of amides is 2. The van der Waals surface area contributed by atoms with Crippen LogP contribution in [0, 0.1) is 0 Å². The first-order chi connectivity index (χ1) is 12.7. The molecule has 2 aromatic carbocycles. The van der Waals surface area contributed by atoms with Gasteiger partial charge in [0.15, 0.2) is 0 Å². The minimum Gasteiger partial charge on any atom is -0.322 e. The van der Waals surface area contributed by atoms with Gasteiger partial charge in [-0.15, -0.1) is 0 Å². The molecule has 2 amide bonds. The van der Waals surface area contributed by atoms with Crippen LogP contribution in [0.25, 0.3) is 0 Å². The Hall–Kier alpha value is -2.92. The van der Waals surface area contributed by atoms with Crippen molar-refractivity contribution in [1.82, 2.24) is 0 Å². The van der Waals surface area contributed by atoms with Crippen LogP contribution in [-0.4, -0.2) is 18.4 Å². The van der Waals surface area contributed by atoms with E-state index in [9.17, 15) is 9.59 Å². The largest absolute Gasteiger partial charge is 0.322 e. The van der Waals surface area contributed by atoms with Gasteiger partial charge in [0.05, 0.1) is 5.56 Å². The molecular formula is C21H18N2O2S. The second-order valence-corrected chi connectivity index (χ2v) is 7.02. The molecule has 0 bridgehead atoms. The van der Waals surface area contributed by atoms with Gasteiger partial charge in [-0.2, -0.15) is 11.3 Å². The number of carbonyl (C=O) groups excluding carboxylic acids is 2. The quantitative estimate of drug-likeness (QED) is 0.741. The summed E-state index contributed by atoms with van der Waals surface area (Å²) in [7, 11) is 0. The van der Waals surface area contributed by atoms with Crippen LogP contribution < -0.4 is 10.2 Å². The fourth-order valence-electron chi connectivity index (χ4n) is 3.22. The SMILES string of the molecule is O=C(Nc1ccc2c(c1)CCCN2C(=O)c1ccccc1)c1ccsc1. The first kappa shape index (κ1) is 16.5. The molecule has 1 aliphatic rings. The maximum atomic E-state index is 12.8. The Morgan fingerprint density at radius 2 is 1.85 bits per heavy atom. The molecule has 4 rings (SSSR count). The molecule has 0 fully saturated rings. The number of hydrogen-bond acceptors (Lipinski definition) is 3. The number of rotatable bonds is 3. The number of fused-ring (bicyclic) bond motifs is 1. The average Bonchev–Trinajstić information content (AvgIpc) is 3.22. The topological polar surface area (TPSA) is 49.4 Å². The lowest BCUT2D eigenvalue weighted by Gasteiger charge is -2.30. The zero-order valence-corrected chi connectivity index (χ0v) is 15.0. The lowest BCUT2D eigenvalue weighted by atomic mass is 10.00. The highest BCUT2D eigenvalue weighted by Crippen LogP contribution is 2.31. The molecule has 1 aromatic heterocycles. The van der Waals surface area contributed by atoms with E-state index in [0.717, 1.165) is 29.8 Å². The van der Waals surface area contributed by atoms with Crippen molar-refractivity contribution in [3.05, 3.63) is 82.0 Å². The van der Waals surface area contributed by atoms with Gasteiger partial charge in [-0.05, 0) is 60.2 Å². The van der Waals surface area contributed by atoms with Gasteiger partial charge >= 0.3 is 0 Å². The van der Waals surface area contributed by atoms with Crippen LogP contribution in [0.2, 0.25) is 0 Å². The standard InChI is InChI=1S/C21H18N2O2S/c24-20(17-10-12-26-14-17)22-18-8-9-19-16(13-18)7-4-11-23(19)21(25)15-5-2-1-3-6-15/h1-3,5-6,8-10,12-14H,4,7,11H2,(H,22,24). The molecule has 0 atom stereocenters. The summed E-state index contributed by atoms with van der Waals surface area (Å²) in [5.41, 5.74) is 4.13. The van der Waals surface area contributed by atoms with Gasteiger partial charge in [-0.25, -0.2) is 0 Å². The Kier molecular flexibility index (Phi) is 4.54. The smallest absolute Gasteiger partial charge is 0.258 e. The summed E-state index contributed by atoms with van der Waals surface area (Å²) in [5, 5.41) is 6.65. The van der Waals surface area contributed by atoms with Crippen molar-refractivity contribution < 1.29 is 9.59 Å². The van der Waals surface area contributed by atoms with E-state index in [1.807, 2.05) is 64.2 Å². The van der Waals surface area contributed by atoms with Crippen molar-refractivity contribution in [3.8, 4) is 0 Å². The summed E-state index contributed by atoms with van der Waals surface area (Å²) in [5.74, 6) is -0.0964. The fraction of sp³-hybridized carbons (Fsp3) is 0.143. The molecule has 0 spiro atoms. The van der Waals surface area contributed by atoms with E-state index in [-0.39, 0.29) is 11.8 Å². The number of carbonyl (C=O) groups is 2. The van der Waals surface area contributed by atoms with E-state index in [4.69, 9.17) is 0 Å². The molecule has 0 aliphatic carbocycles. The van der Waals surface area contributed by atoms with Crippen LogP contribution in [0.1, 0.15) is 32.7 Å². The molecule has 0 saturated carbocycles. The predicted octanol–water partition coefficient (Wildman–Crippen LogP) is 4.59. The van der Waals surface area contributed by atoms with Gasteiger partial charge in [-0.1, -0.05) is 18.2 Å². The van der Waals surface area contributed by atoms with E-state index in [1.54, 1.807) is 6.07 Å². The van der Waals surface area contributed by atoms with Crippen molar-refractivity contribution >= 4 is 34.5 Å². The molecular weight excluding hydrogens is 344 g/mol. The molecule has 1 N–H and O–H groups in total. The van der Waals surface area contributed by atoms with Gasteiger partial charge in [0.1, 0.15) is 0 Å². The van der Waals surface area contributed by atoms with Gasteiger partial charge in [0, 0.05) is 28.9 Å². The molecule has 5 heteroatoms. The molecule has 130 valence electrons. The second-order valence-electron chi connectivity index (χ2n) is 6.24. The normalized spacial score (nSPS) is 13.2. The maximum absolute atomic E-state index is 12.8. The Balaban J connectivity index is 1.58. The summed E-state index contributed by atoms with van der Waals surface area (Å²) in [6, 6.07) is 16.9. The first-order valence-electron chi connectivity index (χ1n) is 8.56. The monoisotopic (exact) mass is 362 g/mol. The van der Waals surface area contributed by atoms with Crippen LogP contribution in [-0.2, 0) is 6.42 Å². The highest BCUT2D eigenvalue weighted by molar-refractivity contribution is 7.08. The Bertz CT molecular complexity index is 936. The molecule has 0 unspecified atom stereocenters.